The fourth-order valence-corrected chi connectivity index (χ4v) is 6.19. The monoisotopic (exact) mass is 444 g/mol. The van der Waals surface area contributed by atoms with Gasteiger partial charge in [0, 0.05) is 10.4 Å². The third-order valence-electron chi connectivity index (χ3n) is 5.88. The fourth-order valence-electron chi connectivity index (χ4n) is 4.47. The summed E-state index contributed by atoms with van der Waals surface area (Å²) < 4.78 is 16.1. The number of fused-ring (bicyclic) bond motifs is 3. The van der Waals surface area contributed by atoms with Gasteiger partial charge in [-0.2, -0.15) is 0 Å². The van der Waals surface area contributed by atoms with E-state index >= 15 is 0 Å². The van der Waals surface area contributed by atoms with E-state index in [-0.39, 0.29) is 17.4 Å². The van der Waals surface area contributed by atoms with E-state index in [4.69, 9.17) is 4.99 Å². The second kappa shape index (κ2) is 7.25. The zero-order valence-corrected chi connectivity index (χ0v) is 18.0. The van der Waals surface area contributed by atoms with Crippen LogP contribution in [0.25, 0.3) is 11.8 Å². The summed E-state index contributed by atoms with van der Waals surface area (Å²) in [6.07, 6.45) is 3.67. The number of hydrogen-bond donors (Lipinski definition) is 0. The fraction of sp³-hybridized carbons (Fsp3) is 0.120. The molecule has 2 aromatic heterocycles. The van der Waals surface area contributed by atoms with Crippen LogP contribution in [0.2, 0.25) is 0 Å². The van der Waals surface area contributed by atoms with Crippen molar-refractivity contribution in [2.45, 2.75) is 18.9 Å². The van der Waals surface area contributed by atoms with Crippen molar-refractivity contribution in [3.63, 3.8) is 0 Å². The Morgan fingerprint density at radius 2 is 1.87 bits per heavy atom. The molecule has 6 heteroatoms. The lowest BCUT2D eigenvalue weighted by Crippen LogP contribution is -2.38. The largest absolute Gasteiger partial charge is 0.272 e. The van der Waals surface area contributed by atoms with Crippen molar-refractivity contribution in [3.05, 3.63) is 119 Å². The average molecular weight is 445 g/mol. The number of hydrogen-bond acceptors (Lipinski definition) is 4. The maximum Gasteiger partial charge on any atom is 0.271 e. The molecule has 0 saturated carbocycles. The Labute approximate surface area is 185 Å². The second-order valence-corrected chi connectivity index (χ2v) is 9.67. The Bertz CT molecular complexity index is 1510. The van der Waals surface area contributed by atoms with E-state index in [0.717, 1.165) is 40.1 Å². The predicted molar refractivity (Wildman–Crippen MR) is 123 cm³/mol. The molecule has 3 nitrogen and oxygen atoms in total. The van der Waals surface area contributed by atoms with Crippen LogP contribution in [-0.4, -0.2) is 4.57 Å². The van der Waals surface area contributed by atoms with Gasteiger partial charge < -0.3 is 0 Å². The SMILES string of the molecule is O=c1c(=Cc2cccs2)sc2n1C(c1ccc(F)cc1)C1=C(N=2)c2ccccc2CC1. The molecule has 3 heterocycles. The summed E-state index contributed by atoms with van der Waals surface area (Å²) in [7, 11) is 0. The van der Waals surface area contributed by atoms with Crippen LogP contribution in [0.4, 0.5) is 4.39 Å². The summed E-state index contributed by atoms with van der Waals surface area (Å²) in [4.78, 5) is 20.2. The molecular formula is C25H17FN2OS2. The van der Waals surface area contributed by atoms with Crippen molar-refractivity contribution in [3.8, 4) is 0 Å². The lowest BCUT2D eigenvalue weighted by Gasteiger charge is -2.30. The molecule has 2 aromatic carbocycles. The summed E-state index contributed by atoms with van der Waals surface area (Å²) in [5.41, 5.74) is 5.36. The summed E-state index contributed by atoms with van der Waals surface area (Å²) in [6.45, 7) is 0. The molecule has 1 atom stereocenters. The Morgan fingerprint density at radius 1 is 1.03 bits per heavy atom. The normalized spacial score (nSPS) is 17.7. The van der Waals surface area contributed by atoms with Gasteiger partial charge in [0.25, 0.3) is 5.56 Å². The summed E-state index contributed by atoms with van der Waals surface area (Å²) >= 11 is 3.02. The van der Waals surface area contributed by atoms with Gasteiger partial charge in [0.2, 0.25) is 0 Å². The van der Waals surface area contributed by atoms with E-state index in [1.807, 2.05) is 29.7 Å². The second-order valence-electron chi connectivity index (χ2n) is 7.68. The van der Waals surface area contributed by atoms with Crippen LogP contribution in [0.5, 0.6) is 0 Å². The van der Waals surface area contributed by atoms with Crippen molar-refractivity contribution in [1.29, 1.82) is 0 Å². The van der Waals surface area contributed by atoms with Crippen LogP contribution in [0.3, 0.4) is 0 Å². The highest BCUT2D eigenvalue weighted by atomic mass is 32.1. The Morgan fingerprint density at radius 3 is 2.68 bits per heavy atom. The van der Waals surface area contributed by atoms with E-state index < -0.39 is 0 Å². The number of thiophene rings is 1. The van der Waals surface area contributed by atoms with Gasteiger partial charge in [-0.15, -0.1) is 11.3 Å². The molecule has 0 saturated heterocycles. The number of rotatable bonds is 2. The number of nitrogens with zero attached hydrogens (tertiary/aromatic N) is 2. The first-order chi connectivity index (χ1) is 15.2. The van der Waals surface area contributed by atoms with Gasteiger partial charge in [-0.25, -0.2) is 9.38 Å². The molecule has 2 aliphatic rings. The number of benzene rings is 2. The van der Waals surface area contributed by atoms with Crippen molar-refractivity contribution in [2.75, 3.05) is 0 Å². The Hall–Kier alpha value is -3.09. The maximum absolute atomic E-state index is 13.7. The van der Waals surface area contributed by atoms with Gasteiger partial charge in [0.15, 0.2) is 4.80 Å². The number of aryl methyl sites for hydroxylation is 1. The van der Waals surface area contributed by atoms with Crippen LogP contribution in [0.15, 0.2) is 81.4 Å². The minimum absolute atomic E-state index is 0.0446. The van der Waals surface area contributed by atoms with Crippen LogP contribution in [0, 0.1) is 5.82 Å². The summed E-state index contributed by atoms with van der Waals surface area (Å²) in [5, 5.41) is 2.00. The predicted octanol–water partition coefficient (Wildman–Crippen LogP) is 4.52. The standard InChI is InChI=1S/C25H17FN2OS2/c26-17-10-7-16(8-11-17)23-20-12-9-15-4-1-2-6-19(15)22(20)27-25-28(23)24(29)21(31-25)14-18-5-3-13-30-18/h1-8,10-11,13-14,23H,9,12H2. The van der Waals surface area contributed by atoms with Gasteiger partial charge >= 0.3 is 0 Å². The van der Waals surface area contributed by atoms with Gasteiger partial charge in [0.1, 0.15) is 5.82 Å². The number of allylic oxidation sites excluding steroid dienone is 1. The minimum Gasteiger partial charge on any atom is -0.272 e. The lowest BCUT2D eigenvalue weighted by atomic mass is 9.83. The molecule has 0 bridgehead atoms. The van der Waals surface area contributed by atoms with Gasteiger partial charge in [-0.05, 0) is 59.2 Å². The van der Waals surface area contributed by atoms with Gasteiger partial charge in [-0.1, -0.05) is 53.8 Å². The topological polar surface area (TPSA) is 34.4 Å². The van der Waals surface area contributed by atoms with Crippen LogP contribution >= 0.6 is 22.7 Å². The molecule has 6 rings (SSSR count). The Balaban J connectivity index is 1.65. The van der Waals surface area contributed by atoms with Gasteiger partial charge in [0.05, 0.1) is 16.3 Å². The van der Waals surface area contributed by atoms with Crippen molar-refractivity contribution < 1.29 is 4.39 Å². The molecule has 0 radical (unpaired) electrons. The average Bonchev–Trinajstić information content (AvgIpc) is 3.41. The van der Waals surface area contributed by atoms with E-state index in [9.17, 15) is 9.18 Å². The smallest absolute Gasteiger partial charge is 0.271 e. The quantitative estimate of drug-likeness (QED) is 0.448. The molecule has 31 heavy (non-hydrogen) atoms. The molecule has 0 fully saturated rings. The zero-order chi connectivity index (χ0) is 20.9. The number of aromatic nitrogens is 1. The van der Waals surface area contributed by atoms with Crippen LogP contribution in [-0.2, 0) is 6.42 Å². The third-order valence-corrected chi connectivity index (χ3v) is 7.68. The summed E-state index contributed by atoms with van der Waals surface area (Å²) in [5.74, 6) is -0.281. The Kier molecular flexibility index (Phi) is 4.37. The number of thiazole rings is 1. The van der Waals surface area contributed by atoms with Crippen LogP contribution < -0.4 is 14.9 Å². The highest BCUT2D eigenvalue weighted by Crippen LogP contribution is 2.41. The molecule has 0 spiro atoms. The van der Waals surface area contributed by atoms with Crippen molar-refractivity contribution >= 4 is 34.4 Å². The highest BCUT2D eigenvalue weighted by molar-refractivity contribution is 7.11. The lowest BCUT2D eigenvalue weighted by molar-refractivity contribution is 0.581. The van der Waals surface area contributed by atoms with Crippen LogP contribution in [0.1, 0.15) is 34.0 Å². The third kappa shape index (κ3) is 3.06. The van der Waals surface area contributed by atoms with E-state index in [1.54, 1.807) is 28.0 Å². The van der Waals surface area contributed by atoms with Crippen molar-refractivity contribution in [1.82, 2.24) is 4.57 Å². The zero-order valence-electron chi connectivity index (χ0n) is 16.4. The first-order valence-electron chi connectivity index (χ1n) is 10.1. The van der Waals surface area contributed by atoms with Gasteiger partial charge in [-0.3, -0.25) is 9.36 Å². The number of halogens is 1. The molecule has 0 amide bonds. The maximum atomic E-state index is 13.7. The van der Waals surface area contributed by atoms with E-state index in [1.165, 1.54) is 29.0 Å². The van der Waals surface area contributed by atoms with E-state index in [2.05, 4.69) is 18.2 Å². The molecule has 152 valence electrons. The molecule has 1 aliphatic heterocycles. The summed E-state index contributed by atoms with van der Waals surface area (Å²) in [6, 6.07) is 18.5. The van der Waals surface area contributed by atoms with Crippen molar-refractivity contribution in [2.24, 2.45) is 4.99 Å². The minimum atomic E-state index is -0.281. The molecule has 1 aliphatic carbocycles. The first-order valence-corrected chi connectivity index (χ1v) is 11.8. The van der Waals surface area contributed by atoms with E-state index in [0.29, 0.717) is 9.33 Å². The first kappa shape index (κ1) is 18.7. The molecule has 1 unspecified atom stereocenters. The molecule has 0 N–H and O–H groups in total. The molecule has 4 aromatic rings. The highest BCUT2D eigenvalue weighted by Gasteiger charge is 2.32. The molecular weight excluding hydrogens is 427 g/mol.